The molecule has 0 radical (unpaired) electrons. The summed E-state index contributed by atoms with van der Waals surface area (Å²) >= 11 is 0. The average Bonchev–Trinajstić information content (AvgIpc) is 2.98. The Labute approximate surface area is 143 Å². The Morgan fingerprint density at radius 3 is 2.71 bits per heavy atom. The van der Waals surface area contributed by atoms with Gasteiger partial charge in [0.2, 0.25) is 5.91 Å². The lowest BCUT2D eigenvalue weighted by Gasteiger charge is -2.34. The number of piperazine rings is 1. The number of carbonyl (C=O) groups is 1. The van der Waals surface area contributed by atoms with Crippen molar-refractivity contribution in [1.82, 2.24) is 19.6 Å². The standard InChI is InChI=1S/C18H26N4O2/c1-15(2)24-12-11-20-7-9-21(10-8-20)18(23)14-22-17-6-4-3-5-16(17)13-19-22/h3-6,13,15H,7-12,14H2,1-2H3. The maximum absolute atomic E-state index is 12.5. The van der Waals surface area contributed by atoms with Crippen LogP contribution in [0.1, 0.15) is 13.8 Å². The molecule has 0 N–H and O–H groups in total. The molecule has 2 heterocycles. The van der Waals surface area contributed by atoms with Crippen molar-refractivity contribution in [2.75, 3.05) is 39.3 Å². The molecule has 6 nitrogen and oxygen atoms in total. The lowest BCUT2D eigenvalue weighted by Crippen LogP contribution is -2.50. The molecule has 0 aliphatic carbocycles. The van der Waals surface area contributed by atoms with Crippen molar-refractivity contribution in [1.29, 1.82) is 0 Å². The SMILES string of the molecule is CC(C)OCCN1CCN(C(=O)Cn2ncc3ccccc32)CC1. The molecule has 130 valence electrons. The van der Waals surface area contributed by atoms with Crippen LogP contribution in [0.25, 0.3) is 10.9 Å². The predicted octanol–water partition coefficient (Wildman–Crippen LogP) is 1.61. The van der Waals surface area contributed by atoms with Gasteiger partial charge in [0.05, 0.1) is 24.4 Å². The molecule has 3 rings (SSSR count). The fourth-order valence-electron chi connectivity index (χ4n) is 3.02. The molecule has 0 bridgehead atoms. The van der Waals surface area contributed by atoms with E-state index in [9.17, 15) is 4.79 Å². The van der Waals surface area contributed by atoms with E-state index in [1.165, 1.54) is 0 Å². The number of para-hydroxylation sites is 1. The van der Waals surface area contributed by atoms with E-state index in [-0.39, 0.29) is 12.0 Å². The second-order valence-corrected chi connectivity index (χ2v) is 6.50. The number of carbonyl (C=O) groups excluding carboxylic acids is 1. The van der Waals surface area contributed by atoms with Gasteiger partial charge in [0, 0.05) is 38.1 Å². The molecule has 0 unspecified atom stereocenters. The molecule has 1 saturated heterocycles. The van der Waals surface area contributed by atoms with Crippen LogP contribution in [0, 0.1) is 0 Å². The van der Waals surface area contributed by atoms with Crippen LogP contribution in [-0.4, -0.2) is 70.9 Å². The smallest absolute Gasteiger partial charge is 0.244 e. The minimum atomic E-state index is 0.141. The first-order chi connectivity index (χ1) is 11.6. The molecule has 0 atom stereocenters. The average molecular weight is 330 g/mol. The topological polar surface area (TPSA) is 50.6 Å². The molecular weight excluding hydrogens is 304 g/mol. The van der Waals surface area contributed by atoms with Gasteiger partial charge in [-0.3, -0.25) is 14.4 Å². The third-order valence-corrected chi connectivity index (χ3v) is 4.42. The number of amides is 1. The second kappa shape index (κ2) is 7.77. The van der Waals surface area contributed by atoms with Crippen molar-refractivity contribution >= 4 is 16.8 Å². The molecular formula is C18H26N4O2. The van der Waals surface area contributed by atoms with Crippen molar-refractivity contribution in [3.8, 4) is 0 Å². The quantitative estimate of drug-likeness (QED) is 0.807. The van der Waals surface area contributed by atoms with Crippen LogP contribution in [0.5, 0.6) is 0 Å². The Bertz CT molecular complexity index is 674. The van der Waals surface area contributed by atoms with Gasteiger partial charge >= 0.3 is 0 Å². The van der Waals surface area contributed by atoms with Crippen LogP contribution in [0.3, 0.4) is 0 Å². The van der Waals surface area contributed by atoms with E-state index >= 15 is 0 Å². The van der Waals surface area contributed by atoms with Crippen LogP contribution in [0.2, 0.25) is 0 Å². The van der Waals surface area contributed by atoms with Crippen LogP contribution in [-0.2, 0) is 16.1 Å². The summed E-state index contributed by atoms with van der Waals surface area (Å²) in [5.41, 5.74) is 1.01. The zero-order chi connectivity index (χ0) is 16.9. The first-order valence-electron chi connectivity index (χ1n) is 8.66. The number of aromatic nitrogens is 2. The lowest BCUT2D eigenvalue weighted by molar-refractivity contribution is -0.133. The van der Waals surface area contributed by atoms with Crippen molar-refractivity contribution in [2.45, 2.75) is 26.5 Å². The van der Waals surface area contributed by atoms with Crippen LogP contribution in [0.15, 0.2) is 30.5 Å². The highest BCUT2D eigenvalue weighted by molar-refractivity contribution is 5.82. The van der Waals surface area contributed by atoms with Gasteiger partial charge < -0.3 is 9.64 Å². The summed E-state index contributed by atoms with van der Waals surface area (Å²) in [4.78, 5) is 16.8. The molecule has 2 aromatic rings. The van der Waals surface area contributed by atoms with E-state index in [4.69, 9.17) is 4.74 Å². The van der Waals surface area contributed by atoms with E-state index in [2.05, 4.69) is 23.8 Å². The highest BCUT2D eigenvalue weighted by Crippen LogP contribution is 2.13. The van der Waals surface area contributed by atoms with Crippen LogP contribution < -0.4 is 0 Å². The molecule has 1 aliphatic heterocycles. The summed E-state index contributed by atoms with van der Waals surface area (Å²) in [6.07, 6.45) is 2.09. The molecule has 24 heavy (non-hydrogen) atoms. The predicted molar refractivity (Wildman–Crippen MR) is 93.8 cm³/mol. The number of hydrogen-bond donors (Lipinski definition) is 0. The number of rotatable bonds is 6. The largest absolute Gasteiger partial charge is 0.377 e. The fraction of sp³-hybridized carbons (Fsp3) is 0.556. The van der Waals surface area contributed by atoms with Crippen LogP contribution >= 0.6 is 0 Å². The van der Waals surface area contributed by atoms with Gasteiger partial charge in [0.1, 0.15) is 6.54 Å². The number of benzene rings is 1. The van der Waals surface area contributed by atoms with Gasteiger partial charge in [0.25, 0.3) is 0 Å². The number of ether oxygens (including phenoxy) is 1. The molecule has 0 spiro atoms. The third kappa shape index (κ3) is 4.13. The third-order valence-electron chi connectivity index (χ3n) is 4.42. The molecule has 0 saturated carbocycles. The molecule has 1 aliphatic rings. The minimum Gasteiger partial charge on any atom is -0.377 e. The second-order valence-electron chi connectivity index (χ2n) is 6.50. The Morgan fingerprint density at radius 2 is 1.96 bits per heavy atom. The first kappa shape index (κ1) is 16.9. The van der Waals surface area contributed by atoms with Crippen molar-refractivity contribution < 1.29 is 9.53 Å². The summed E-state index contributed by atoms with van der Waals surface area (Å²) in [6, 6.07) is 7.98. The van der Waals surface area contributed by atoms with Gasteiger partial charge in [-0.1, -0.05) is 18.2 Å². The maximum Gasteiger partial charge on any atom is 0.244 e. The molecule has 1 aromatic carbocycles. The Kier molecular flexibility index (Phi) is 5.48. The Morgan fingerprint density at radius 1 is 1.21 bits per heavy atom. The minimum absolute atomic E-state index is 0.141. The van der Waals surface area contributed by atoms with E-state index in [0.717, 1.165) is 50.2 Å². The highest BCUT2D eigenvalue weighted by atomic mass is 16.5. The lowest BCUT2D eigenvalue weighted by atomic mass is 10.2. The van der Waals surface area contributed by atoms with Gasteiger partial charge in [-0.05, 0) is 19.9 Å². The number of nitrogens with zero attached hydrogens (tertiary/aromatic N) is 4. The van der Waals surface area contributed by atoms with Gasteiger partial charge in [-0.15, -0.1) is 0 Å². The van der Waals surface area contributed by atoms with E-state index in [0.29, 0.717) is 6.54 Å². The zero-order valence-corrected chi connectivity index (χ0v) is 14.5. The normalized spacial score (nSPS) is 16.2. The van der Waals surface area contributed by atoms with Crippen LogP contribution in [0.4, 0.5) is 0 Å². The number of fused-ring (bicyclic) bond motifs is 1. The zero-order valence-electron chi connectivity index (χ0n) is 14.5. The van der Waals surface area contributed by atoms with E-state index in [1.54, 1.807) is 4.68 Å². The van der Waals surface area contributed by atoms with Crippen molar-refractivity contribution in [2.24, 2.45) is 0 Å². The summed E-state index contributed by atoms with van der Waals surface area (Å²) in [5, 5.41) is 5.41. The van der Waals surface area contributed by atoms with E-state index in [1.807, 2.05) is 35.4 Å². The van der Waals surface area contributed by atoms with Crippen molar-refractivity contribution in [3.63, 3.8) is 0 Å². The fourth-order valence-corrected chi connectivity index (χ4v) is 3.02. The highest BCUT2D eigenvalue weighted by Gasteiger charge is 2.21. The van der Waals surface area contributed by atoms with Crippen molar-refractivity contribution in [3.05, 3.63) is 30.5 Å². The van der Waals surface area contributed by atoms with E-state index < -0.39 is 0 Å². The Hall–Kier alpha value is -1.92. The first-order valence-corrected chi connectivity index (χ1v) is 8.66. The van der Waals surface area contributed by atoms with Gasteiger partial charge in [-0.25, -0.2) is 0 Å². The number of hydrogen-bond acceptors (Lipinski definition) is 4. The molecule has 6 heteroatoms. The molecule has 1 aromatic heterocycles. The van der Waals surface area contributed by atoms with Gasteiger partial charge in [-0.2, -0.15) is 5.10 Å². The summed E-state index contributed by atoms with van der Waals surface area (Å²) in [6.45, 7) is 9.48. The maximum atomic E-state index is 12.5. The monoisotopic (exact) mass is 330 g/mol. The summed E-state index contributed by atoms with van der Waals surface area (Å²) in [7, 11) is 0. The molecule has 1 fully saturated rings. The summed E-state index contributed by atoms with van der Waals surface area (Å²) in [5.74, 6) is 0.141. The van der Waals surface area contributed by atoms with Gasteiger partial charge in [0.15, 0.2) is 0 Å². The molecule has 1 amide bonds. The Balaban J connectivity index is 1.49. The summed E-state index contributed by atoms with van der Waals surface area (Å²) < 4.78 is 7.39.